The van der Waals surface area contributed by atoms with Gasteiger partial charge in [-0.2, -0.15) is 8.42 Å². The summed E-state index contributed by atoms with van der Waals surface area (Å²) in [7, 11) is -4.23. The van der Waals surface area contributed by atoms with Gasteiger partial charge < -0.3 is 5.32 Å². The molecule has 2 N–H and O–H groups in total. The van der Waals surface area contributed by atoms with Crippen LogP contribution in [0.4, 0.5) is 5.69 Å². The standard InChI is InChI=1S/C13H13NO3S.Na/c15-18(16,17)13(11-7-3-1-4-8-11)14-12-9-5-2-6-10-12;/h1-10,13-14H,(H,15,16,17);. The van der Waals surface area contributed by atoms with Crippen molar-refractivity contribution in [3.05, 3.63) is 66.2 Å². The van der Waals surface area contributed by atoms with Crippen molar-refractivity contribution in [1.29, 1.82) is 0 Å². The van der Waals surface area contributed by atoms with E-state index in [1.165, 1.54) is 0 Å². The number of hydrogen-bond donors (Lipinski definition) is 2. The summed E-state index contributed by atoms with van der Waals surface area (Å²) >= 11 is 0. The second-order valence-corrected chi connectivity index (χ2v) is 5.32. The van der Waals surface area contributed by atoms with Gasteiger partial charge >= 0.3 is 0 Å². The van der Waals surface area contributed by atoms with Gasteiger partial charge in [0.15, 0.2) is 5.37 Å². The number of nitrogens with one attached hydrogen (secondary N) is 1. The summed E-state index contributed by atoms with van der Waals surface area (Å²) in [5.41, 5.74) is 1.12. The van der Waals surface area contributed by atoms with Crippen LogP contribution in [0.2, 0.25) is 0 Å². The van der Waals surface area contributed by atoms with Gasteiger partial charge in [0.2, 0.25) is 0 Å². The van der Waals surface area contributed by atoms with Crippen LogP contribution in [-0.2, 0) is 10.1 Å². The van der Waals surface area contributed by atoms with Crippen LogP contribution in [0.3, 0.4) is 0 Å². The minimum absolute atomic E-state index is 0. The van der Waals surface area contributed by atoms with E-state index in [4.69, 9.17) is 0 Å². The Morgan fingerprint density at radius 3 is 1.84 bits per heavy atom. The van der Waals surface area contributed by atoms with Crippen LogP contribution in [0.5, 0.6) is 0 Å². The summed E-state index contributed by atoms with van der Waals surface area (Å²) in [5.74, 6) is 0. The number of para-hydroxylation sites is 1. The molecule has 2 rings (SSSR count). The van der Waals surface area contributed by atoms with Crippen molar-refractivity contribution >= 4 is 45.4 Å². The van der Waals surface area contributed by atoms with Gasteiger partial charge in [-0.1, -0.05) is 48.5 Å². The maximum absolute atomic E-state index is 11.4. The van der Waals surface area contributed by atoms with Crippen LogP contribution in [0, 0.1) is 0 Å². The number of benzene rings is 2. The molecule has 0 aliphatic carbocycles. The number of rotatable bonds is 4. The molecular formula is C13H13NNaO3S. The normalized spacial score (nSPS) is 12.3. The van der Waals surface area contributed by atoms with Crippen molar-refractivity contribution in [2.45, 2.75) is 5.37 Å². The molecule has 0 aliphatic heterocycles. The first-order valence-electron chi connectivity index (χ1n) is 5.40. The van der Waals surface area contributed by atoms with Gasteiger partial charge in [-0.05, 0) is 17.7 Å². The van der Waals surface area contributed by atoms with E-state index < -0.39 is 15.5 Å². The summed E-state index contributed by atoms with van der Waals surface area (Å²) in [4.78, 5) is 0. The molecule has 2 aromatic rings. The molecule has 0 bridgehead atoms. The van der Waals surface area contributed by atoms with Crippen molar-refractivity contribution in [1.82, 2.24) is 0 Å². The van der Waals surface area contributed by atoms with Crippen molar-refractivity contribution in [3.8, 4) is 0 Å². The fourth-order valence-corrected chi connectivity index (χ4v) is 2.43. The average Bonchev–Trinajstić information content (AvgIpc) is 2.37. The molecule has 4 nitrogen and oxygen atoms in total. The number of hydrogen-bond acceptors (Lipinski definition) is 3. The minimum Gasteiger partial charge on any atom is -0.363 e. The van der Waals surface area contributed by atoms with E-state index >= 15 is 0 Å². The SMILES string of the molecule is O=S(=O)(O)C(Nc1ccccc1)c1ccccc1.[Na]. The Bertz CT molecular complexity index is 602. The molecule has 0 heterocycles. The Labute approximate surface area is 134 Å². The van der Waals surface area contributed by atoms with Gasteiger partial charge in [-0.25, -0.2) is 0 Å². The molecule has 0 saturated heterocycles. The Kier molecular flexibility index (Phi) is 6.03. The molecule has 0 aliphatic rings. The monoisotopic (exact) mass is 286 g/mol. The van der Waals surface area contributed by atoms with E-state index in [0.29, 0.717) is 11.3 Å². The molecule has 0 spiro atoms. The predicted molar refractivity (Wildman–Crippen MR) is 76.6 cm³/mol. The van der Waals surface area contributed by atoms with E-state index in [-0.39, 0.29) is 29.6 Å². The topological polar surface area (TPSA) is 66.4 Å². The zero-order chi connectivity index (χ0) is 13.0. The Morgan fingerprint density at radius 2 is 1.37 bits per heavy atom. The van der Waals surface area contributed by atoms with E-state index in [1.54, 1.807) is 54.6 Å². The molecule has 0 fully saturated rings. The summed E-state index contributed by atoms with van der Waals surface area (Å²) in [6, 6.07) is 17.4. The second-order valence-electron chi connectivity index (χ2n) is 3.82. The van der Waals surface area contributed by atoms with Crippen molar-refractivity contribution < 1.29 is 13.0 Å². The maximum atomic E-state index is 11.4. The average molecular weight is 286 g/mol. The zero-order valence-corrected chi connectivity index (χ0v) is 13.3. The number of anilines is 1. The van der Waals surface area contributed by atoms with Crippen LogP contribution in [0.15, 0.2) is 60.7 Å². The Morgan fingerprint density at radius 1 is 0.895 bits per heavy atom. The van der Waals surface area contributed by atoms with E-state index in [1.807, 2.05) is 6.07 Å². The molecule has 0 aromatic heterocycles. The third kappa shape index (κ3) is 4.63. The molecule has 0 amide bonds. The fraction of sp³-hybridized carbons (Fsp3) is 0.0769. The smallest absolute Gasteiger partial charge is 0.290 e. The molecule has 1 atom stereocenters. The van der Waals surface area contributed by atoms with E-state index in [9.17, 15) is 13.0 Å². The van der Waals surface area contributed by atoms with Crippen LogP contribution in [-0.4, -0.2) is 42.5 Å². The quantitative estimate of drug-likeness (QED) is 0.668. The van der Waals surface area contributed by atoms with Crippen LogP contribution in [0.1, 0.15) is 10.9 Å². The maximum Gasteiger partial charge on any atom is 0.290 e. The Balaban J connectivity index is 0.00000180. The van der Waals surface area contributed by atoms with E-state index in [0.717, 1.165) is 0 Å². The van der Waals surface area contributed by atoms with Crippen molar-refractivity contribution in [2.24, 2.45) is 0 Å². The fourth-order valence-electron chi connectivity index (χ4n) is 1.64. The zero-order valence-electron chi connectivity index (χ0n) is 10.5. The van der Waals surface area contributed by atoms with Crippen molar-refractivity contribution in [2.75, 3.05) is 5.32 Å². The third-order valence-electron chi connectivity index (χ3n) is 2.47. The first-order valence-corrected chi connectivity index (χ1v) is 6.90. The van der Waals surface area contributed by atoms with Gasteiger partial charge in [-0.15, -0.1) is 0 Å². The van der Waals surface area contributed by atoms with Crippen LogP contribution >= 0.6 is 0 Å². The summed E-state index contributed by atoms with van der Waals surface area (Å²) in [5, 5.41) is 1.63. The minimum atomic E-state index is -4.23. The molecular weight excluding hydrogens is 273 g/mol. The van der Waals surface area contributed by atoms with Crippen LogP contribution in [0.25, 0.3) is 0 Å². The van der Waals surface area contributed by atoms with Gasteiger partial charge in [0.25, 0.3) is 10.1 Å². The first kappa shape index (κ1) is 16.2. The Hall–Kier alpha value is -0.850. The van der Waals surface area contributed by atoms with Crippen molar-refractivity contribution in [3.63, 3.8) is 0 Å². The third-order valence-corrected chi connectivity index (χ3v) is 3.46. The largest absolute Gasteiger partial charge is 0.363 e. The molecule has 6 heteroatoms. The predicted octanol–water partition coefficient (Wildman–Crippen LogP) is 2.30. The second kappa shape index (κ2) is 7.07. The van der Waals surface area contributed by atoms with E-state index in [2.05, 4.69) is 5.32 Å². The van der Waals surface area contributed by atoms with Crippen LogP contribution < -0.4 is 5.32 Å². The first-order chi connectivity index (χ1) is 8.57. The molecule has 1 unspecified atom stereocenters. The summed E-state index contributed by atoms with van der Waals surface area (Å²) in [6.45, 7) is 0. The summed E-state index contributed by atoms with van der Waals surface area (Å²) < 4.78 is 32.2. The van der Waals surface area contributed by atoms with Gasteiger partial charge in [0.1, 0.15) is 0 Å². The molecule has 19 heavy (non-hydrogen) atoms. The summed E-state index contributed by atoms with van der Waals surface area (Å²) in [6.07, 6.45) is 0. The van der Waals surface area contributed by atoms with Gasteiger partial charge in [0.05, 0.1) is 0 Å². The molecule has 2 aromatic carbocycles. The molecule has 0 saturated carbocycles. The van der Waals surface area contributed by atoms with Gasteiger partial charge in [0, 0.05) is 35.2 Å². The molecule has 1 radical (unpaired) electrons. The molecule has 95 valence electrons. The van der Waals surface area contributed by atoms with Gasteiger partial charge in [-0.3, -0.25) is 4.55 Å².